The minimum Gasteiger partial charge on any atom is -0.423 e. The number of hydrogen-bond donors (Lipinski definition) is 0. The van der Waals surface area contributed by atoms with E-state index in [2.05, 4.69) is 15.9 Å². The van der Waals surface area contributed by atoms with Gasteiger partial charge in [-0.25, -0.2) is 9.80 Å². The quantitative estimate of drug-likeness (QED) is 0.0438. The van der Waals surface area contributed by atoms with Gasteiger partial charge in [0.25, 0.3) is 23.4 Å². The van der Waals surface area contributed by atoms with Gasteiger partial charge in [-0.15, -0.1) is 23.2 Å². The molecule has 0 unspecified atom stereocenters. The zero-order valence-electron chi connectivity index (χ0n) is 24.0. The largest absolute Gasteiger partial charge is 0.423 e. The summed E-state index contributed by atoms with van der Waals surface area (Å²) in [6.45, 7) is -0.892. The first kappa shape index (κ1) is 35.6. The summed E-state index contributed by atoms with van der Waals surface area (Å²) < 4.78 is 3.89. The second-order valence-corrected chi connectivity index (χ2v) is 15.3. The number of amides is 3. The van der Waals surface area contributed by atoms with Gasteiger partial charge < -0.3 is 4.74 Å². The fourth-order valence-electron chi connectivity index (χ4n) is 6.01. The Bertz CT molecular complexity index is 1960. The Hall–Kier alpha value is -3.23. The number of imide groups is 1. The van der Waals surface area contributed by atoms with Crippen molar-refractivity contribution in [2.45, 2.75) is 14.1 Å². The summed E-state index contributed by atoms with van der Waals surface area (Å²) in [6, 6.07) is 16.0. The summed E-state index contributed by atoms with van der Waals surface area (Å²) in [6.07, 6.45) is 0. The van der Waals surface area contributed by atoms with Crippen LogP contribution in [-0.2, 0) is 9.59 Å². The number of ketones is 1. The Labute approximate surface area is 314 Å². The summed E-state index contributed by atoms with van der Waals surface area (Å²) >= 11 is 42.8. The molecule has 2 bridgehead atoms. The van der Waals surface area contributed by atoms with Crippen LogP contribution in [0.3, 0.4) is 0 Å². The molecular formula is C31H16BrCl6N3O8. The second-order valence-electron chi connectivity index (χ2n) is 11.1. The number of carbonyl (C=O) groups is 5. The second kappa shape index (κ2) is 12.5. The number of rotatable bonds is 8. The van der Waals surface area contributed by atoms with Crippen LogP contribution in [0.5, 0.6) is 5.75 Å². The van der Waals surface area contributed by atoms with Crippen molar-refractivity contribution in [1.29, 1.82) is 0 Å². The number of non-ortho nitro benzene ring substituents is 1. The Balaban J connectivity index is 1.32. The topological polar surface area (TPSA) is 144 Å². The molecule has 1 saturated heterocycles. The van der Waals surface area contributed by atoms with Gasteiger partial charge in [-0.3, -0.25) is 29.3 Å². The third-order valence-corrected chi connectivity index (χ3v) is 13.2. The number of hydrazine groups is 1. The van der Waals surface area contributed by atoms with Gasteiger partial charge in [0.2, 0.25) is 0 Å². The van der Waals surface area contributed by atoms with Crippen molar-refractivity contribution in [3.05, 3.63) is 114 Å². The average Bonchev–Trinajstić information content (AvgIpc) is 3.46. The van der Waals surface area contributed by atoms with E-state index >= 15 is 0 Å². The van der Waals surface area contributed by atoms with Crippen molar-refractivity contribution in [3.8, 4) is 5.75 Å². The van der Waals surface area contributed by atoms with E-state index in [-0.39, 0.29) is 38.2 Å². The fraction of sp³-hybridized carbons (Fsp3) is 0.194. The van der Waals surface area contributed by atoms with E-state index in [1.807, 2.05) is 0 Å². The van der Waals surface area contributed by atoms with Crippen LogP contribution in [0, 0.1) is 22.0 Å². The predicted molar refractivity (Wildman–Crippen MR) is 183 cm³/mol. The van der Waals surface area contributed by atoms with Crippen molar-refractivity contribution >= 4 is 121 Å². The summed E-state index contributed by atoms with van der Waals surface area (Å²) in [5.41, 5.74) is -0.282. The number of allylic oxidation sites excluding steroid dienone is 2. The van der Waals surface area contributed by atoms with Gasteiger partial charge in [-0.05, 0) is 60.7 Å². The molecule has 4 atom stereocenters. The van der Waals surface area contributed by atoms with Gasteiger partial charge in [0.1, 0.15) is 22.0 Å². The molecule has 1 heterocycles. The number of nitro benzene ring substituents is 1. The van der Waals surface area contributed by atoms with E-state index in [9.17, 15) is 34.1 Å². The zero-order valence-corrected chi connectivity index (χ0v) is 30.2. The van der Waals surface area contributed by atoms with Crippen LogP contribution in [0.4, 0.5) is 5.69 Å². The monoisotopic (exact) mass is 847 g/mol. The molecule has 2 fully saturated rings. The van der Waals surface area contributed by atoms with E-state index < -0.39 is 66.9 Å². The maximum Gasteiger partial charge on any atom is 0.343 e. The minimum absolute atomic E-state index is 0.000199. The lowest BCUT2D eigenvalue weighted by atomic mass is 9.84. The SMILES string of the molecule is O=C(CN(C(=O)c1ccc([N+](=O)[O-])cc1)N1C(=O)[C@H]2[C@H](C1=O)[C@@]1(Cl)C(Cl)=C(Cl)[C@@]2(Cl)C1(Cl)Cl)c1ccc(OC(=O)c2ccc(Br)cc2)cc1. The number of nitro groups is 1. The Morgan fingerprint density at radius 1 is 0.796 bits per heavy atom. The van der Waals surface area contributed by atoms with Gasteiger partial charge in [0.15, 0.2) is 10.1 Å². The Kier molecular flexibility index (Phi) is 9.09. The molecule has 18 heteroatoms. The van der Waals surface area contributed by atoms with Crippen LogP contribution in [0.2, 0.25) is 0 Å². The number of nitrogens with zero attached hydrogens (tertiary/aromatic N) is 3. The summed E-state index contributed by atoms with van der Waals surface area (Å²) in [7, 11) is 0. The first-order valence-corrected chi connectivity index (χ1v) is 16.9. The number of Topliss-reactive ketones (excluding diaryl/α,β-unsaturated/α-hetero) is 1. The lowest BCUT2D eigenvalue weighted by molar-refractivity contribution is -0.384. The number of carbonyl (C=O) groups excluding carboxylic acids is 5. The molecule has 0 aromatic heterocycles. The highest BCUT2D eigenvalue weighted by Gasteiger charge is 2.88. The first-order chi connectivity index (χ1) is 23.0. The third-order valence-electron chi connectivity index (χ3n) is 8.45. The normalized spacial score (nSPS) is 25.0. The van der Waals surface area contributed by atoms with Crippen molar-refractivity contribution in [2.75, 3.05) is 6.54 Å². The molecule has 1 saturated carbocycles. The van der Waals surface area contributed by atoms with E-state index in [1.165, 1.54) is 24.3 Å². The molecule has 2 aliphatic carbocycles. The number of benzene rings is 3. The average molecular weight is 851 g/mol. The van der Waals surface area contributed by atoms with Crippen LogP contribution in [0.15, 0.2) is 87.3 Å². The van der Waals surface area contributed by atoms with Gasteiger partial charge in [-0.2, -0.15) is 5.01 Å². The fourth-order valence-corrected chi connectivity index (χ4v) is 9.21. The maximum absolute atomic E-state index is 14.1. The molecule has 252 valence electrons. The van der Waals surface area contributed by atoms with E-state index in [0.717, 1.165) is 28.7 Å². The molecule has 6 rings (SSSR count). The molecule has 0 N–H and O–H groups in total. The van der Waals surface area contributed by atoms with Crippen molar-refractivity contribution < 1.29 is 33.6 Å². The molecule has 3 aliphatic rings. The number of esters is 1. The number of hydrogen-bond acceptors (Lipinski definition) is 8. The molecule has 0 radical (unpaired) electrons. The van der Waals surface area contributed by atoms with Gasteiger partial charge in [-0.1, -0.05) is 62.3 Å². The number of halogens is 7. The van der Waals surface area contributed by atoms with Gasteiger partial charge >= 0.3 is 5.97 Å². The van der Waals surface area contributed by atoms with Gasteiger partial charge in [0, 0.05) is 27.7 Å². The lowest BCUT2D eigenvalue weighted by Gasteiger charge is -2.36. The number of alkyl halides is 4. The van der Waals surface area contributed by atoms with Crippen LogP contribution in [-0.4, -0.2) is 65.0 Å². The third kappa shape index (κ3) is 5.26. The molecular weight excluding hydrogens is 835 g/mol. The molecule has 1 aliphatic heterocycles. The number of fused-ring (bicyclic) bond motifs is 5. The highest BCUT2D eigenvalue weighted by Crippen LogP contribution is 2.77. The zero-order chi connectivity index (χ0) is 35.8. The Morgan fingerprint density at radius 3 is 1.76 bits per heavy atom. The minimum atomic E-state index is -2.24. The van der Waals surface area contributed by atoms with Gasteiger partial charge in [0.05, 0.1) is 32.4 Å². The maximum atomic E-state index is 14.1. The van der Waals surface area contributed by atoms with E-state index in [1.54, 1.807) is 24.3 Å². The standard InChI is InChI=1S/C31H16BrCl6N3O8/c32-17-7-1-16(2-8-17)28(46)49-19-11-5-14(6-12-19)20(42)13-39(25(43)15-3-9-18(10-4-15)41(47)48)40-26(44)21-22(27(40)45)30(36)24(34)23(33)29(21,35)31(30,37)38/h1-12,21-22H,13H2/t21-,22-,29-,30-/m1/s1. The lowest BCUT2D eigenvalue weighted by Crippen LogP contribution is -2.56. The summed E-state index contributed by atoms with van der Waals surface area (Å²) in [5.74, 6) is -7.78. The van der Waals surface area contributed by atoms with Crippen molar-refractivity contribution in [2.24, 2.45) is 11.8 Å². The summed E-state index contributed by atoms with van der Waals surface area (Å²) in [4.78, 5) is 74.4. The summed E-state index contributed by atoms with van der Waals surface area (Å²) in [5, 5.41) is 11.5. The van der Waals surface area contributed by atoms with Crippen LogP contribution < -0.4 is 4.74 Å². The highest BCUT2D eigenvalue weighted by atomic mass is 79.9. The smallest absolute Gasteiger partial charge is 0.343 e. The Morgan fingerprint density at radius 2 is 1.27 bits per heavy atom. The molecule has 11 nitrogen and oxygen atoms in total. The van der Waals surface area contributed by atoms with E-state index in [0.29, 0.717) is 10.0 Å². The van der Waals surface area contributed by atoms with E-state index in [4.69, 9.17) is 74.3 Å². The molecule has 0 spiro atoms. The highest BCUT2D eigenvalue weighted by molar-refractivity contribution is 9.10. The van der Waals surface area contributed by atoms with Crippen molar-refractivity contribution in [1.82, 2.24) is 10.0 Å². The number of ether oxygens (including phenoxy) is 1. The molecule has 3 aromatic carbocycles. The molecule has 49 heavy (non-hydrogen) atoms. The van der Waals surface area contributed by atoms with Crippen molar-refractivity contribution in [3.63, 3.8) is 0 Å². The predicted octanol–water partition coefficient (Wildman–Crippen LogP) is 7.26. The van der Waals surface area contributed by atoms with Crippen LogP contribution >= 0.6 is 85.5 Å². The van der Waals surface area contributed by atoms with Crippen LogP contribution in [0.1, 0.15) is 31.1 Å². The molecule has 3 amide bonds. The first-order valence-electron chi connectivity index (χ1n) is 13.8. The molecule has 3 aromatic rings. The van der Waals surface area contributed by atoms with Crippen LogP contribution in [0.25, 0.3) is 0 Å².